The number of nitrogens with two attached hydrogens (primary N) is 1. The number of carbonyl (C=O) groups excluding carboxylic acids is 1. The number of carbonyl (C=O) groups is 1. The Kier molecular flexibility index (Phi) is 7.64. The van der Waals surface area contributed by atoms with E-state index in [1.807, 2.05) is 44.3 Å². The average Bonchev–Trinajstić information content (AvgIpc) is 2.37. The van der Waals surface area contributed by atoms with E-state index in [2.05, 4.69) is 6.92 Å². The molecule has 1 aromatic carbocycles. The Bertz CT molecular complexity index is 356. The summed E-state index contributed by atoms with van der Waals surface area (Å²) in [7, 11) is 1.84. The van der Waals surface area contributed by atoms with Gasteiger partial charge in [0.2, 0.25) is 5.91 Å². The third kappa shape index (κ3) is 4.67. The maximum atomic E-state index is 12.0. The molecular weight excluding hydrogens is 248 g/mol. The van der Waals surface area contributed by atoms with Gasteiger partial charge in [0.1, 0.15) is 0 Å². The van der Waals surface area contributed by atoms with Crippen LogP contribution in [0.15, 0.2) is 30.3 Å². The van der Waals surface area contributed by atoms with E-state index < -0.39 is 0 Å². The summed E-state index contributed by atoms with van der Waals surface area (Å²) in [6.07, 6.45) is 1.33. The largest absolute Gasteiger partial charge is 0.343 e. The first-order valence-corrected chi connectivity index (χ1v) is 6.12. The lowest BCUT2D eigenvalue weighted by atomic mass is 10.0. The van der Waals surface area contributed by atoms with E-state index in [1.54, 1.807) is 4.90 Å². The van der Waals surface area contributed by atoms with Gasteiger partial charge in [-0.1, -0.05) is 37.3 Å². The van der Waals surface area contributed by atoms with Crippen molar-refractivity contribution < 1.29 is 4.79 Å². The molecule has 2 N–H and O–H groups in total. The van der Waals surface area contributed by atoms with Gasteiger partial charge in [-0.2, -0.15) is 0 Å². The van der Waals surface area contributed by atoms with Gasteiger partial charge < -0.3 is 10.6 Å². The molecule has 0 aliphatic carbocycles. The summed E-state index contributed by atoms with van der Waals surface area (Å²) < 4.78 is 0. The highest BCUT2D eigenvalue weighted by molar-refractivity contribution is 5.85. The molecule has 4 heteroatoms. The monoisotopic (exact) mass is 270 g/mol. The summed E-state index contributed by atoms with van der Waals surface area (Å²) in [6.45, 7) is 4.12. The molecule has 0 saturated carbocycles. The second-order valence-corrected chi connectivity index (χ2v) is 4.48. The SMILES string of the molecule is CCC(C)N(C)C(=O)CC(N)c1ccccc1.Cl. The standard InChI is InChI=1S/C14H22N2O.ClH/c1-4-11(2)16(3)14(17)10-13(15)12-8-6-5-7-9-12;/h5-9,11,13H,4,10,15H2,1-3H3;1H. The maximum Gasteiger partial charge on any atom is 0.224 e. The fourth-order valence-corrected chi connectivity index (χ4v) is 1.67. The van der Waals surface area contributed by atoms with Gasteiger partial charge in [-0.3, -0.25) is 4.79 Å². The molecule has 2 atom stereocenters. The van der Waals surface area contributed by atoms with Gasteiger partial charge >= 0.3 is 0 Å². The lowest BCUT2D eigenvalue weighted by Gasteiger charge is -2.25. The molecule has 0 bridgehead atoms. The summed E-state index contributed by atoms with van der Waals surface area (Å²) in [5.41, 5.74) is 7.04. The number of amides is 1. The van der Waals surface area contributed by atoms with Crippen LogP contribution < -0.4 is 5.73 Å². The van der Waals surface area contributed by atoms with Crippen LogP contribution in [0, 0.1) is 0 Å². The zero-order chi connectivity index (χ0) is 12.8. The third-order valence-electron chi connectivity index (χ3n) is 3.27. The number of hydrogen-bond acceptors (Lipinski definition) is 2. The van der Waals surface area contributed by atoms with Gasteiger partial charge in [0.05, 0.1) is 0 Å². The highest BCUT2D eigenvalue weighted by Gasteiger charge is 2.17. The van der Waals surface area contributed by atoms with Gasteiger partial charge in [0.15, 0.2) is 0 Å². The predicted octanol–water partition coefficient (Wildman–Crippen LogP) is 2.76. The van der Waals surface area contributed by atoms with Crippen molar-refractivity contribution in [1.29, 1.82) is 0 Å². The first kappa shape index (κ1) is 16.9. The molecule has 1 aromatic rings. The van der Waals surface area contributed by atoms with Crippen molar-refractivity contribution in [3.63, 3.8) is 0 Å². The Hall–Kier alpha value is -1.06. The van der Waals surface area contributed by atoms with Crippen LogP contribution in [0.25, 0.3) is 0 Å². The molecule has 3 nitrogen and oxygen atoms in total. The van der Waals surface area contributed by atoms with Crippen LogP contribution in [0.5, 0.6) is 0 Å². The number of benzene rings is 1. The van der Waals surface area contributed by atoms with Crippen molar-refractivity contribution in [2.45, 2.75) is 38.8 Å². The quantitative estimate of drug-likeness (QED) is 0.894. The molecule has 0 radical (unpaired) electrons. The topological polar surface area (TPSA) is 46.3 Å². The minimum Gasteiger partial charge on any atom is -0.343 e. The lowest BCUT2D eigenvalue weighted by molar-refractivity contribution is -0.132. The van der Waals surface area contributed by atoms with E-state index in [0.29, 0.717) is 6.42 Å². The van der Waals surface area contributed by atoms with Crippen LogP contribution >= 0.6 is 12.4 Å². The highest BCUT2D eigenvalue weighted by atomic mass is 35.5. The van der Waals surface area contributed by atoms with Crippen molar-refractivity contribution in [3.05, 3.63) is 35.9 Å². The molecule has 1 amide bonds. The lowest BCUT2D eigenvalue weighted by Crippen LogP contribution is -2.36. The smallest absolute Gasteiger partial charge is 0.224 e. The van der Waals surface area contributed by atoms with Crippen molar-refractivity contribution in [3.8, 4) is 0 Å². The number of nitrogens with zero attached hydrogens (tertiary/aromatic N) is 1. The number of halogens is 1. The van der Waals surface area contributed by atoms with Crippen LogP contribution in [-0.2, 0) is 4.79 Å². The van der Waals surface area contributed by atoms with Crippen LogP contribution in [0.3, 0.4) is 0 Å². The molecule has 0 aromatic heterocycles. The van der Waals surface area contributed by atoms with E-state index in [-0.39, 0.29) is 30.4 Å². The highest BCUT2D eigenvalue weighted by Crippen LogP contribution is 2.15. The zero-order valence-corrected chi connectivity index (χ0v) is 12.1. The van der Waals surface area contributed by atoms with Gasteiger partial charge in [0.25, 0.3) is 0 Å². The Morgan fingerprint density at radius 2 is 1.89 bits per heavy atom. The van der Waals surface area contributed by atoms with Gasteiger partial charge in [-0.05, 0) is 18.9 Å². The molecular formula is C14H23ClN2O. The van der Waals surface area contributed by atoms with Crippen molar-refractivity contribution in [2.75, 3.05) is 7.05 Å². The zero-order valence-electron chi connectivity index (χ0n) is 11.3. The minimum absolute atomic E-state index is 0. The van der Waals surface area contributed by atoms with Crippen molar-refractivity contribution in [1.82, 2.24) is 4.90 Å². The summed E-state index contributed by atoms with van der Waals surface area (Å²) >= 11 is 0. The molecule has 2 unspecified atom stereocenters. The Morgan fingerprint density at radius 3 is 2.39 bits per heavy atom. The molecule has 1 rings (SSSR count). The summed E-state index contributed by atoms with van der Waals surface area (Å²) in [4.78, 5) is 13.8. The number of hydrogen-bond donors (Lipinski definition) is 1. The molecule has 0 saturated heterocycles. The Morgan fingerprint density at radius 1 is 1.33 bits per heavy atom. The van der Waals surface area contributed by atoms with Gasteiger partial charge in [-0.15, -0.1) is 12.4 Å². The first-order chi connectivity index (χ1) is 8.06. The molecule has 0 fully saturated rings. The predicted molar refractivity (Wildman–Crippen MR) is 77.8 cm³/mol. The van der Waals surface area contributed by atoms with Crippen LogP contribution in [0.2, 0.25) is 0 Å². The van der Waals surface area contributed by atoms with Gasteiger partial charge in [0, 0.05) is 25.6 Å². The molecule has 18 heavy (non-hydrogen) atoms. The summed E-state index contributed by atoms with van der Waals surface area (Å²) in [5.74, 6) is 0.107. The Labute approximate surface area is 116 Å². The minimum atomic E-state index is -0.213. The van der Waals surface area contributed by atoms with E-state index in [1.165, 1.54) is 0 Å². The second-order valence-electron chi connectivity index (χ2n) is 4.48. The molecule has 0 spiro atoms. The average molecular weight is 271 g/mol. The fraction of sp³-hybridized carbons (Fsp3) is 0.500. The summed E-state index contributed by atoms with van der Waals surface area (Å²) in [5, 5.41) is 0. The van der Waals surface area contributed by atoms with Crippen molar-refractivity contribution >= 4 is 18.3 Å². The van der Waals surface area contributed by atoms with Crippen LogP contribution in [0.1, 0.15) is 38.3 Å². The third-order valence-corrected chi connectivity index (χ3v) is 3.27. The van der Waals surface area contributed by atoms with Crippen LogP contribution in [-0.4, -0.2) is 23.9 Å². The first-order valence-electron chi connectivity index (χ1n) is 6.12. The van der Waals surface area contributed by atoms with Crippen LogP contribution in [0.4, 0.5) is 0 Å². The second kappa shape index (κ2) is 8.11. The molecule has 0 aliphatic heterocycles. The fourth-order valence-electron chi connectivity index (χ4n) is 1.67. The molecule has 102 valence electrons. The number of rotatable bonds is 5. The van der Waals surface area contributed by atoms with E-state index >= 15 is 0 Å². The van der Waals surface area contributed by atoms with E-state index in [9.17, 15) is 4.79 Å². The van der Waals surface area contributed by atoms with Crippen molar-refractivity contribution in [2.24, 2.45) is 5.73 Å². The molecule has 0 heterocycles. The normalized spacial score (nSPS) is 13.3. The summed E-state index contributed by atoms with van der Waals surface area (Å²) in [6, 6.07) is 9.81. The maximum absolute atomic E-state index is 12.0. The van der Waals surface area contributed by atoms with E-state index in [0.717, 1.165) is 12.0 Å². The molecule has 0 aliphatic rings. The Balaban J connectivity index is 0.00000289. The van der Waals surface area contributed by atoms with E-state index in [4.69, 9.17) is 5.73 Å². The van der Waals surface area contributed by atoms with Gasteiger partial charge in [-0.25, -0.2) is 0 Å².